The molecule has 0 unspecified atom stereocenters. The summed E-state index contributed by atoms with van der Waals surface area (Å²) in [6.45, 7) is 3.91. The van der Waals surface area contributed by atoms with Gasteiger partial charge in [-0.15, -0.1) is 0 Å². The van der Waals surface area contributed by atoms with E-state index in [0.29, 0.717) is 0 Å². The molecule has 0 aliphatic carbocycles. The third-order valence-electron chi connectivity index (χ3n) is 2.85. The SMILES string of the molecule is CCCOCC[SiH2]c1ccc(-c2ccccn2)nc1. The molecule has 2 aromatic heterocycles. The van der Waals surface area contributed by atoms with Gasteiger partial charge in [0.1, 0.15) is 0 Å². The van der Waals surface area contributed by atoms with Crippen LogP contribution in [-0.2, 0) is 4.74 Å². The van der Waals surface area contributed by atoms with E-state index in [9.17, 15) is 0 Å². The van der Waals surface area contributed by atoms with Crippen LogP contribution in [0.5, 0.6) is 0 Å². The third-order valence-corrected chi connectivity index (χ3v) is 4.49. The highest BCUT2D eigenvalue weighted by atomic mass is 28.2. The Morgan fingerprint density at radius 1 is 1.05 bits per heavy atom. The van der Waals surface area contributed by atoms with Crippen molar-refractivity contribution in [2.75, 3.05) is 13.2 Å². The van der Waals surface area contributed by atoms with Crippen molar-refractivity contribution in [3.05, 3.63) is 42.7 Å². The Morgan fingerprint density at radius 2 is 1.95 bits per heavy atom. The summed E-state index contributed by atoms with van der Waals surface area (Å²) < 4.78 is 5.50. The van der Waals surface area contributed by atoms with Gasteiger partial charge in [-0.3, -0.25) is 9.97 Å². The molecule has 0 atom stereocenters. The van der Waals surface area contributed by atoms with Crippen LogP contribution in [0.15, 0.2) is 42.7 Å². The van der Waals surface area contributed by atoms with Crippen molar-refractivity contribution in [2.24, 2.45) is 0 Å². The molecule has 0 amide bonds. The lowest BCUT2D eigenvalue weighted by Crippen LogP contribution is -2.16. The van der Waals surface area contributed by atoms with Gasteiger partial charge in [0, 0.05) is 25.6 Å². The Balaban J connectivity index is 1.85. The monoisotopic (exact) mass is 272 g/mol. The Labute approximate surface area is 116 Å². The molecule has 0 fully saturated rings. The molecule has 2 rings (SSSR count). The largest absolute Gasteiger partial charge is 0.382 e. The number of rotatable bonds is 7. The zero-order valence-corrected chi connectivity index (χ0v) is 12.8. The van der Waals surface area contributed by atoms with Gasteiger partial charge in [0.25, 0.3) is 0 Å². The van der Waals surface area contributed by atoms with Crippen LogP contribution in [0.4, 0.5) is 0 Å². The summed E-state index contributed by atoms with van der Waals surface area (Å²) in [7, 11) is -0.243. The molecule has 0 saturated carbocycles. The lowest BCUT2D eigenvalue weighted by molar-refractivity contribution is 0.148. The summed E-state index contributed by atoms with van der Waals surface area (Å²) in [5, 5.41) is 1.39. The van der Waals surface area contributed by atoms with Gasteiger partial charge in [0.05, 0.1) is 20.9 Å². The van der Waals surface area contributed by atoms with Crippen LogP contribution in [0.2, 0.25) is 6.04 Å². The Bertz CT molecular complexity index is 473. The maximum Gasteiger partial charge on any atom is 0.0886 e. The number of nitrogens with zero attached hydrogens (tertiary/aromatic N) is 2. The molecule has 2 heterocycles. The number of ether oxygens (including phenoxy) is 1. The Morgan fingerprint density at radius 3 is 2.63 bits per heavy atom. The van der Waals surface area contributed by atoms with Gasteiger partial charge in [-0.2, -0.15) is 0 Å². The second-order valence-corrected chi connectivity index (χ2v) is 6.51. The molecule has 0 radical (unpaired) electrons. The van der Waals surface area contributed by atoms with Crippen LogP contribution in [0.3, 0.4) is 0 Å². The van der Waals surface area contributed by atoms with Crippen LogP contribution in [0.1, 0.15) is 13.3 Å². The zero-order valence-electron chi connectivity index (χ0n) is 11.4. The van der Waals surface area contributed by atoms with E-state index in [2.05, 4.69) is 29.0 Å². The third kappa shape index (κ3) is 4.57. The average Bonchev–Trinajstić information content (AvgIpc) is 2.49. The first-order valence-corrected chi connectivity index (χ1v) is 8.55. The zero-order chi connectivity index (χ0) is 13.3. The molecular weight excluding hydrogens is 252 g/mol. The van der Waals surface area contributed by atoms with Gasteiger partial charge in [-0.25, -0.2) is 0 Å². The van der Waals surface area contributed by atoms with E-state index >= 15 is 0 Å². The summed E-state index contributed by atoms with van der Waals surface area (Å²) >= 11 is 0. The van der Waals surface area contributed by atoms with Crippen LogP contribution in [-0.4, -0.2) is 32.7 Å². The summed E-state index contributed by atoms with van der Waals surface area (Å²) in [4.78, 5) is 8.80. The molecule has 19 heavy (non-hydrogen) atoms. The molecule has 0 saturated heterocycles. The Kier molecular flexibility index (Phi) is 5.71. The van der Waals surface area contributed by atoms with E-state index in [4.69, 9.17) is 4.74 Å². The Hall–Kier alpha value is -1.52. The summed E-state index contributed by atoms with van der Waals surface area (Å²) in [6, 6.07) is 11.3. The van der Waals surface area contributed by atoms with E-state index < -0.39 is 0 Å². The predicted octanol–water partition coefficient (Wildman–Crippen LogP) is 1.78. The predicted molar refractivity (Wildman–Crippen MR) is 81.6 cm³/mol. The molecular formula is C15H20N2OSi. The van der Waals surface area contributed by atoms with Crippen molar-refractivity contribution in [3.63, 3.8) is 0 Å². The normalized spacial score (nSPS) is 11.2. The van der Waals surface area contributed by atoms with Crippen LogP contribution in [0, 0.1) is 0 Å². The fourth-order valence-corrected chi connectivity index (χ4v) is 3.12. The minimum Gasteiger partial charge on any atom is -0.382 e. The fraction of sp³-hybridized carbons (Fsp3) is 0.333. The van der Waals surface area contributed by atoms with E-state index in [0.717, 1.165) is 31.0 Å². The fourth-order valence-electron chi connectivity index (χ4n) is 1.86. The number of aromatic nitrogens is 2. The molecule has 3 nitrogen and oxygen atoms in total. The van der Waals surface area contributed by atoms with Gasteiger partial charge >= 0.3 is 0 Å². The number of hydrogen-bond acceptors (Lipinski definition) is 3. The maximum atomic E-state index is 5.50. The van der Waals surface area contributed by atoms with Gasteiger partial charge in [0.2, 0.25) is 0 Å². The summed E-state index contributed by atoms with van der Waals surface area (Å²) in [5.41, 5.74) is 1.88. The van der Waals surface area contributed by atoms with Gasteiger partial charge in [0.15, 0.2) is 0 Å². The minimum atomic E-state index is -0.243. The first-order chi connectivity index (χ1) is 9.40. The topological polar surface area (TPSA) is 35.0 Å². The molecule has 2 aromatic rings. The first kappa shape index (κ1) is 13.9. The minimum absolute atomic E-state index is 0.243. The maximum absolute atomic E-state index is 5.50. The molecule has 0 aliphatic heterocycles. The highest BCUT2D eigenvalue weighted by Gasteiger charge is 2.00. The van der Waals surface area contributed by atoms with Crippen molar-refractivity contribution >= 4 is 14.7 Å². The second kappa shape index (κ2) is 7.81. The highest BCUT2D eigenvalue weighted by Crippen LogP contribution is 2.10. The van der Waals surface area contributed by atoms with E-state index in [-0.39, 0.29) is 9.52 Å². The molecule has 4 heteroatoms. The quantitative estimate of drug-likeness (QED) is 0.569. The van der Waals surface area contributed by atoms with Crippen LogP contribution >= 0.6 is 0 Å². The lowest BCUT2D eigenvalue weighted by Gasteiger charge is -2.03. The lowest BCUT2D eigenvalue weighted by atomic mass is 10.2. The molecule has 0 N–H and O–H groups in total. The van der Waals surface area contributed by atoms with Crippen molar-refractivity contribution in [3.8, 4) is 11.4 Å². The number of hydrogen-bond donors (Lipinski definition) is 0. The van der Waals surface area contributed by atoms with E-state index in [1.165, 1.54) is 11.2 Å². The smallest absolute Gasteiger partial charge is 0.0886 e. The summed E-state index contributed by atoms with van der Waals surface area (Å²) in [5.74, 6) is 0. The van der Waals surface area contributed by atoms with E-state index in [1.54, 1.807) is 6.20 Å². The molecule has 0 aromatic carbocycles. The average molecular weight is 272 g/mol. The molecule has 0 aliphatic rings. The van der Waals surface area contributed by atoms with Crippen LogP contribution < -0.4 is 5.19 Å². The molecule has 100 valence electrons. The standard InChI is InChI=1S/C15H20N2OSi/c1-2-9-18-10-11-19-13-6-7-15(17-12-13)14-5-3-4-8-16-14/h3-8,12H,2,9-11,19H2,1H3. The van der Waals surface area contributed by atoms with Crippen molar-refractivity contribution in [2.45, 2.75) is 19.4 Å². The van der Waals surface area contributed by atoms with Gasteiger partial charge in [-0.1, -0.05) is 19.1 Å². The van der Waals surface area contributed by atoms with Crippen molar-refractivity contribution < 1.29 is 4.74 Å². The van der Waals surface area contributed by atoms with Crippen molar-refractivity contribution in [1.29, 1.82) is 0 Å². The molecule has 0 bridgehead atoms. The van der Waals surface area contributed by atoms with E-state index in [1.807, 2.05) is 24.4 Å². The van der Waals surface area contributed by atoms with Gasteiger partial charge < -0.3 is 4.74 Å². The second-order valence-electron chi connectivity index (χ2n) is 4.48. The number of pyridine rings is 2. The van der Waals surface area contributed by atoms with Crippen molar-refractivity contribution in [1.82, 2.24) is 9.97 Å². The highest BCUT2D eigenvalue weighted by molar-refractivity contribution is 6.53. The van der Waals surface area contributed by atoms with Crippen LogP contribution in [0.25, 0.3) is 11.4 Å². The van der Waals surface area contributed by atoms with Gasteiger partial charge in [-0.05, 0) is 35.9 Å². The molecule has 0 spiro atoms. The summed E-state index contributed by atoms with van der Waals surface area (Å²) in [6.07, 6.45) is 4.89. The first-order valence-electron chi connectivity index (χ1n) is 6.84.